The van der Waals surface area contributed by atoms with Crippen LogP contribution in [0.2, 0.25) is 0 Å². The number of nitrogens with one attached hydrogen (secondary N) is 1. The maximum atomic E-state index is 12.6. The number of likely N-dealkylation sites (N-methyl/N-ethyl adjacent to an activating group) is 2. The van der Waals surface area contributed by atoms with Crippen LogP contribution in [0, 0.1) is 6.92 Å². The Kier molecular flexibility index (Phi) is 5.23. The molecule has 1 aromatic carbocycles. The van der Waals surface area contributed by atoms with Crippen LogP contribution in [0.4, 0.5) is 0 Å². The van der Waals surface area contributed by atoms with Gasteiger partial charge < -0.3 is 10.2 Å². The van der Waals surface area contributed by atoms with Gasteiger partial charge in [-0.2, -0.15) is 0 Å². The molecular formula is C16H21N3O3S. The monoisotopic (exact) mass is 335 g/mol. The minimum Gasteiger partial charge on any atom is -0.340 e. The molecule has 0 aliphatic rings. The van der Waals surface area contributed by atoms with Crippen molar-refractivity contribution in [1.82, 2.24) is 14.2 Å². The fourth-order valence-electron chi connectivity index (χ4n) is 2.09. The molecule has 1 aromatic heterocycles. The lowest BCUT2D eigenvalue weighted by molar-refractivity contribution is 0.0797. The number of aromatic nitrogens is 1. The zero-order chi connectivity index (χ0) is 17.0. The first-order valence-corrected chi connectivity index (χ1v) is 8.70. The van der Waals surface area contributed by atoms with E-state index >= 15 is 0 Å². The van der Waals surface area contributed by atoms with E-state index < -0.39 is 10.0 Å². The van der Waals surface area contributed by atoms with Gasteiger partial charge in [0.1, 0.15) is 0 Å². The topological polar surface area (TPSA) is 71.4 Å². The molecule has 1 N–H and O–H groups in total. The van der Waals surface area contributed by atoms with Gasteiger partial charge in [0.15, 0.2) is 0 Å². The molecule has 0 spiro atoms. The van der Waals surface area contributed by atoms with Gasteiger partial charge in [-0.25, -0.2) is 12.4 Å². The van der Waals surface area contributed by atoms with E-state index in [0.717, 1.165) is 9.54 Å². The van der Waals surface area contributed by atoms with Gasteiger partial charge >= 0.3 is 0 Å². The number of carbonyl (C=O) groups excluding carboxylic acids is 1. The summed E-state index contributed by atoms with van der Waals surface area (Å²) >= 11 is 0. The lowest BCUT2D eigenvalue weighted by Crippen LogP contribution is -2.32. The average molecular weight is 335 g/mol. The molecule has 0 bridgehead atoms. The molecule has 0 aliphatic heterocycles. The molecule has 1 amide bonds. The minimum absolute atomic E-state index is 0.196. The van der Waals surface area contributed by atoms with Gasteiger partial charge in [0, 0.05) is 32.5 Å². The highest BCUT2D eigenvalue weighted by atomic mass is 32.2. The van der Waals surface area contributed by atoms with Crippen LogP contribution in [0.25, 0.3) is 0 Å². The second-order valence-corrected chi connectivity index (χ2v) is 7.22. The molecule has 0 atom stereocenters. The van der Waals surface area contributed by atoms with Crippen LogP contribution in [0.15, 0.2) is 47.6 Å². The Hall–Kier alpha value is -2.12. The van der Waals surface area contributed by atoms with Crippen LogP contribution in [0.5, 0.6) is 0 Å². The van der Waals surface area contributed by atoms with Gasteiger partial charge in [-0.1, -0.05) is 17.7 Å². The Morgan fingerprint density at radius 1 is 1.22 bits per heavy atom. The zero-order valence-electron chi connectivity index (χ0n) is 13.5. The summed E-state index contributed by atoms with van der Waals surface area (Å²) in [5, 5.41) is 2.97. The van der Waals surface area contributed by atoms with E-state index in [9.17, 15) is 13.2 Å². The van der Waals surface area contributed by atoms with Crippen LogP contribution >= 0.6 is 0 Å². The smallest absolute Gasteiger partial charge is 0.267 e. The molecule has 23 heavy (non-hydrogen) atoms. The summed E-state index contributed by atoms with van der Waals surface area (Å²) in [4.78, 5) is 14.0. The number of hydrogen-bond donors (Lipinski definition) is 1. The molecule has 124 valence electrons. The standard InChI is InChI=1S/C16H21N3O3S/c1-13-4-6-15(7-5-13)23(21,22)19-10-8-14(12-19)16(20)18(3)11-9-17-2/h4-8,10,12,17H,9,11H2,1-3H3. The summed E-state index contributed by atoms with van der Waals surface area (Å²) in [6.07, 6.45) is 2.75. The number of nitrogens with zero attached hydrogens (tertiary/aromatic N) is 2. The van der Waals surface area contributed by atoms with Crippen LogP contribution in [-0.2, 0) is 10.0 Å². The van der Waals surface area contributed by atoms with Crippen LogP contribution in [0.3, 0.4) is 0 Å². The molecule has 0 radical (unpaired) electrons. The van der Waals surface area contributed by atoms with Crippen molar-refractivity contribution in [2.24, 2.45) is 0 Å². The van der Waals surface area contributed by atoms with E-state index in [1.54, 1.807) is 36.2 Å². The minimum atomic E-state index is -3.68. The summed E-state index contributed by atoms with van der Waals surface area (Å²) in [6, 6.07) is 8.13. The van der Waals surface area contributed by atoms with E-state index in [1.807, 2.05) is 14.0 Å². The van der Waals surface area contributed by atoms with Crippen molar-refractivity contribution in [1.29, 1.82) is 0 Å². The molecular weight excluding hydrogens is 314 g/mol. The van der Waals surface area contributed by atoms with Gasteiger partial charge in [-0.3, -0.25) is 4.79 Å². The number of amides is 1. The van der Waals surface area contributed by atoms with Gasteiger partial charge in [0.2, 0.25) is 0 Å². The van der Waals surface area contributed by atoms with Crippen molar-refractivity contribution in [2.75, 3.05) is 27.2 Å². The molecule has 0 unspecified atom stereocenters. The Morgan fingerprint density at radius 3 is 2.48 bits per heavy atom. The zero-order valence-corrected chi connectivity index (χ0v) is 14.3. The maximum absolute atomic E-state index is 12.6. The van der Waals surface area contributed by atoms with E-state index in [-0.39, 0.29) is 10.8 Å². The molecule has 0 fully saturated rings. The van der Waals surface area contributed by atoms with Gasteiger partial charge in [-0.15, -0.1) is 0 Å². The van der Waals surface area contributed by atoms with Gasteiger partial charge in [0.25, 0.3) is 15.9 Å². The third-order valence-electron chi connectivity index (χ3n) is 3.55. The van der Waals surface area contributed by atoms with E-state index in [4.69, 9.17) is 0 Å². The number of rotatable bonds is 6. The fourth-order valence-corrected chi connectivity index (χ4v) is 3.28. The Labute approximate surface area is 136 Å². The highest BCUT2D eigenvalue weighted by molar-refractivity contribution is 7.90. The molecule has 6 nitrogen and oxygen atoms in total. The number of benzene rings is 1. The van der Waals surface area contributed by atoms with Crippen molar-refractivity contribution in [2.45, 2.75) is 11.8 Å². The first kappa shape index (κ1) is 17.2. The highest BCUT2D eigenvalue weighted by Crippen LogP contribution is 2.16. The summed E-state index contributed by atoms with van der Waals surface area (Å²) < 4.78 is 26.2. The summed E-state index contributed by atoms with van der Waals surface area (Å²) in [6.45, 7) is 3.11. The molecule has 1 heterocycles. The van der Waals surface area contributed by atoms with Crippen LogP contribution in [-0.4, -0.2) is 50.4 Å². The molecule has 0 aliphatic carbocycles. The normalized spacial score (nSPS) is 11.4. The first-order chi connectivity index (χ1) is 10.9. The van der Waals surface area contributed by atoms with Gasteiger partial charge in [0.05, 0.1) is 10.5 Å². The summed E-state index contributed by atoms with van der Waals surface area (Å²) in [5.74, 6) is -0.210. The fraction of sp³-hybridized carbons (Fsp3) is 0.312. The molecule has 0 saturated heterocycles. The van der Waals surface area contributed by atoms with Gasteiger partial charge in [-0.05, 0) is 32.2 Å². The number of carbonyl (C=O) groups is 1. The van der Waals surface area contributed by atoms with Crippen molar-refractivity contribution < 1.29 is 13.2 Å². The second-order valence-electron chi connectivity index (χ2n) is 5.38. The third-order valence-corrected chi connectivity index (χ3v) is 5.20. The number of hydrogen-bond acceptors (Lipinski definition) is 4. The predicted octanol–water partition coefficient (Wildman–Crippen LogP) is 1.32. The summed E-state index contributed by atoms with van der Waals surface area (Å²) in [7, 11) is -0.183. The Bertz CT molecular complexity index is 779. The SMILES string of the molecule is CNCCN(C)C(=O)c1ccn(S(=O)(=O)c2ccc(C)cc2)c1. The Morgan fingerprint density at radius 2 is 1.87 bits per heavy atom. The molecule has 7 heteroatoms. The van der Waals surface area contributed by atoms with Crippen molar-refractivity contribution in [3.63, 3.8) is 0 Å². The first-order valence-electron chi connectivity index (χ1n) is 7.26. The molecule has 0 saturated carbocycles. The maximum Gasteiger partial charge on any atom is 0.267 e. The predicted molar refractivity (Wildman–Crippen MR) is 89.1 cm³/mol. The molecule has 2 aromatic rings. The second kappa shape index (κ2) is 6.97. The quantitative estimate of drug-likeness (QED) is 0.864. The van der Waals surface area contributed by atoms with Crippen LogP contribution in [0.1, 0.15) is 15.9 Å². The van der Waals surface area contributed by atoms with E-state index in [2.05, 4.69) is 5.32 Å². The van der Waals surface area contributed by atoms with E-state index in [1.165, 1.54) is 18.5 Å². The Balaban J connectivity index is 2.24. The van der Waals surface area contributed by atoms with Crippen molar-refractivity contribution in [3.05, 3.63) is 53.9 Å². The lowest BCUT2D eigenvalue weighted by atomic mass is 10.2. The average Bonchev–Trinajstić information content (AvgIpc) is 3.03. The number of aryl methyl sites for hydroxylation is 1. The van der Waals surface area contributed by atoms with Crippen molar-refractivity contribution in [3.8, 4) is 0 Å². The largest absolute Gasteiger partial charge is 0.340 e. The highest BCUT2D eigenvalue weighted by Gasteiger charge is 2.19. The third kappa shape index (κ3) is 3.80. The van der Waals surface area contributed by atoms with E-state index in [0.29, 0.717) is 18.7 Å². The van der Waals surface area contributed by atoms with Crippen LogP contribution < -0.4 is 5.32 Å². The molecule has 2 rings (SSSR count). The lowest BCUT2D eigenvalue weighted by Gasteiger charge is -2.15. The summed E-state index contributed by atoms with van der Waals surface area (Å²) in [5.41, 5.74) is 1.33. The van der Waals surface area contributed by atoms with Crippen molar-refractivity contribution >= 4 is 15.9 Å².